The van der Waals surface area contributed by atoms with Crippen LogP contribution < -0.4 is 4.74 Å². The van der Waals surface area contributed by atoms with E-state index in [9.17, 15) is 18.3 Å². The Hall–Kier alpha value is -2.22. The van der Waals surface area contributed by atoms with Gasteiger partial charge in [-0.05, 0) is 38.0 Å². The Bertz CT molecular complexity index is 971. The average Bonchev–Trinajstić information content (AvgIpc) is 3.07. The zero-order chi connectivity index (χ0) is 21.7. The molecule has 2 aromatic carbocycles. The summed E-state index contributed by atoms with van der Waals surface area (Å²) in [5, 5.41) is 10.6. The number of sulfone groups is 1. The fraction of sp³-hybridized carbons (Fsp3) is 0.435. The molecule has 0 aromatic heterocycles. The topological polar surface area (TPSA) is 83.9 Å². The van der Waals surface area contributed by atoms with E-state index in [4.69, 9.17) is 4.74 Å². The van der Waals surface area contributed by atoms with Crippen LogP contribution in [0.25, 0.3) is 0 Å². The van der Waals surface area contributed by atoms with Gasteiger partial charge in [-0.1, -0.05) is 42.0 Å². The molecule has 1 aliphatic rings. The number of aryl methyl sites for hydroxylation is 1. The largest absolute Gasteiger partial charge is 0.490 e. The van der Waals surface area contributed by atoms with E-state index in [0.29, 0.717) is 24.3 Å². The molecule has 2 atom stereocenters. The molecule has 1 N–H and O–H groups in total. The predicted octanol–water partition coefficient (Wildman–Crippen LogP) is 2.63. The quantitative estimate of drug-likeness (QED) is 0.615. The van der Waals surface area contributed by atoms with Crippen molar-refractivity contribution in [2.75, 3.05) is 24.7 Å². The van der Waals surface area contributed by atoms with Gasteiger partial charge in [0, 0.05) is 19.1 Å². The van der Waals surface area contributed by atoms with Crippen molar-refractivity contribution >= 4 is 15.6 Å². The van der Waals surface area contributed by atoms with E-state index in [1.165, 1.54) is 6.92 Å². The zero-order valence-electron chi connectivity index (χ0n) is 17.5. The number of hydrogen-bond donors (Lipinski definition) is 1. The number of benzene rings is 2. The highest BCUT2D eigenvalue weighted by atomic mass is 32.2. The minimum Gasteiger partial charge on any atom is -0.490 e. The van der Waals surface area contributed by atoms with E-state index in [1.807, 2.05) is 36.1 Å². The molecule has 30 heavy (non-hydrogen) atoms. The van der Waals surface area contributed by atoms with Crippen molar-refractivity contribution < 1.29 is 23.1 Å². The normalized spacial score (nSPS) is 19.0. The van der Waals surface area contributed by atoms with Crippen LogP contribution in [0.2, 0.25) is 0 Å². The number of ether oxygens (including phenoxy) is 1. The smallest absolute Gasteiger partial charge is 0.163 e. The van der Waals surface area contributed by atoms with Crippen LogP contribution in [-0.4, -0.2) is 61.0 Å². The van der Waals surface area contributed by atoms with E-state index in [-0.39, 0.29) is 36.5 Å². The Labute approximate surface area is 178 Å². The summed E-state index contributed by atoms with van der Waals surface area (Å²) < 4.78 is 29.7. The van der Waals surface area contributed by atoms with Gasteiger partial charge in [-0.25, -0.2) is 8.42 Å². The highest BCUT2D eigenvalue weighted by Crippen LogP contribution is 2.22. The Balaban J connectivity index is 1.67. The number of aliphatic hydroxyl groups is 1. The second kappa shape index (κ2) is 9.73. The van der Waals surface area contributed by atoms with Gasteiger partial charge in [-0.3, -0.25) is 9.69 Å². The third kappa shape index (κ3) is 6.14. The number of para-hydroxylation sites is 1. The van der Waals surface area contributed by atoms with Crippen molar-refractivity contribution in [2.24, 2.45) is 0 Å². The third-order valence-corrected chi connectivity index (χ3v) is 7.12. The molecule has 6 nitrogen and oxygen atoms in total. The fourth-order valence-electron chi connectivity index (χ4n) is 3.73. The second-order valence-electron chi connectivity index (χ2n) is 7.99. The molecule has 0 spiro atoms. The maximum absolute atomic E-state index is 12.0. The van der Waals surface area contributed by atoms with Crippen LogP contribution in [0.1, 0.15) is 34.8 Å². The molecule has 2 unspecified atom stereocenters. The summed E-state index contributed by atoms with van der Waals surface area (Å²) in [5.74, 6) is 0.634. The zero-order valence-corrected chi connectivity index (χ0v) is 18.3. The number of nitrogens with zero attached hydrogens (tertiary/aromatic N) is 1. The van der Waals surface area contributed by atoms with Gasteiger partial charge < -0.3 is 9.84 Å². The summed E-state index contributed by atoms with van der Waals surface area (Å²) in [4.78, 5) is 13.8. The molecule has 0 amide bonds. The lowest BCUT2D eigenvalue weighted by molar-refractivity contribution is 0.0520. The molecule has 1 aliphatic heterocycles. The Kier molecular flexibility index (Phi) is 7.28. The van der Waals surface area contributed by atoms with Crippen molar-refractivity contribution in [3.8, 4) is 5.75 Å². The van der Waals surface area contributed by atoms with Crippen molar-refractivity contribution in [3.63, 3.8) is 0 Å². The van der Waals surface area contributed by atoms with Gasteiger partial charge >= 0.3 is 0 Å². The lowest BCUT2D eigenvalue weighted by atomic mass is 10.1. The van der Waals surface area contributed by atoms with Crippen molar-refractivity contribution in [1.82, 2.24) is 4.90 Å². The number of aliphatic hydroxyl groups excluding tert-OH is 1. The summed E-state index contributed by atoms with van der Waals surface area (Å²) in [6.45, 7) is 4.36. The molecule has 1 fully saturated rings. The van der Waals surface area contributed by atoms with Crippen molar-refractivity contribution in [1.29, 1.82) is 0 Å². The van der Waals surface area contributed by atoms with Gasteiger partial charge in [0.25, 0.3) is 0 Å². The first kappa shape index (κ1) is 22.5. The monoisotopic (exact) mass is 431 g/mol. The molecule has 0 aliphatic carbocycles. The maximum atomic E-state index is 12.0. The standard InChI is InChI=1S/C23H29NO5S/c1-17-7-9-19(10-8-17)13-24(20-11-12-30(27,28)16-20)14-21(26)15-29-23-6-4-3-5-22(23)18(2)25/h3-10,20-21,26H,11-16H2,1-2H3. The first-order valence-electron chi connectivity index (χ1n) is 10.1. The number of ketones is 1. The highest BCUT2D eigenvalue weighted by Gasteiger charge is 2.33. The van der Waals surface area contributed by atoms with Crippen molar-refractivity contribution in [3.05, 3.63) is 65.2 Å². The van der Waals surface area contributed by atoms with Gasteiger partial charge in [-0.2, -0.15) is 0 Å². The lowest BCUT2D eigenvalue weighted by Crippen LogP contribution is -2.42. The molecule has 7 heteroatoms. The minimum atomic E-state index is -3.04. The van der Waals surface area contributed by atoms with E-state index >= 15 is 0 Å². The molecule has 3 rings (SSSR count). The molecule has 0 saturated carbocycles. The van der Waals surface area contributed by atoms with E-state index in [1.54, 1.807) is 24.3 Å². The number of carbonyl (C=O) groups excluding carboxylic acids is 1. The number of hydrogen-bond acceptors (Lipinski definition) is 6. The molecule has 0 radical (unpaired) electrons. The first-order chi connectivity index (χ1) is 14.2. The molecular formula is C23H29NO5S. The summed E-state index contributed by atoms with van der Waals surface area (Å²) in [7, 11) is -3.04. The van der Waals surface area contributed by atoms with Crippen molar-refractivity contribution in [2.45, 2.75) is 39.0 Å². The van der Waals surface area contributed by atoms with Crippen LogP contribution in [0.15, 0.2) is 48.5 Å². The summed E-state index contributed by atoms with van der Waals surface area (Å²) in [5.41, 5.74) is 2.70. The van der Waals surface area contributed by atoms with Crippen LogP contribution in [0.4, 0.5) is 0 Å². The summed E-state index contributed by atoms with van der Waals surface area (Å²) in [6, 6.07) is 14.9. The molecule has 0 bridgehead atoms. The fourth-order valence-corrected chi connectivity index (χ4v) is 5.49. The van der Waals surface area contributed by atoms with Gasteiger partial charge in [0.1, 0.15) is 18.5 Å². The number of Topliss-reactive ketones (excluding diaryl/α,β-unsaturated/α-hetero) is 1. The van der Waals surface area contributed by atoms with E-state index < -0.39 is 15.9 Å². The Morgan fingerprint density at radius 2 is 1.90 bits per heavy atom. The highest BCUT2D eigenvalue weighted by molar-refractivity contribution is 7.91. The van der Waals surface area contributed by atoms with E-state index in [0.717, 1.165) is 11.1 Å². The third-order valence-electron chi connectivity index (χ3n) is 5.37. The minimum absolute atomic E-state index is 0.0220. The number of rotatable bonds is 9. The van der Waals surface area contributed by atoms with Crippen LogP contribution in [0, 0.1) is 6.92 Å². The van der Waals surface area contributed by atoms with Crippen LogP contribution in [0.5, 0.6) is 5.75 Å². The van der Waals surface area contributed by atoms with Crippen LogP contribution >= 0.6 is 0 Å². The Morgan fingerprint density at radius 1 is 1.20 bits per heavy atom. The van der Waals surface area contributed by atoms with Gasteiger partial charge in [0.15, 0.2) is 15.6 Å². The SMILES string of the molecule is CC(=O)c1ccccc1OCC(O)CN(Cc1ccc(C)cc1)C1CCS(=O)(=O)C1. The second-order valence-corrected chi connectivity index (χ2v) is 10.2. The van der Waals surface area contributed by atoms with Gasteiger partial charge in [-0.15, -0.1) is 0 Å². The Morgan fingerprint density at radius 3 is 2.53 bits per heavy atom. The first-order valence-corrected chi connectivity index (χ1v) is 12.0. The predicted molar refractivity (Wildman–Crippen MR) is 117 cm³/mol. The molecule has 162 valence electrons. The molecule has 1 heterocycles. The summed E-state index contributed by atoms with van der Waals surface area (Å²) in [6.07, 6.45) is -0.256. The van der Waals surface area contributed by atoms with Gasteiger partial charge in [0.2, 0.25) is 0 Å². The van der Waals surface area contributed by atoms with Gasteiger partial charge in [0.05, 0.1) is 17.1 Å². The molecule has 1 saturated heterocycles. The maximum Gasteiger partial charge on any atom is 0.163 e. The average molecular weight is 432 g/mol. The van der Waals surface area contributed by atoms with E-state index in [2.05, 4.69) is 0 Å². The lowest BCUT2D eigenvalue weighted by Gasteiger charge is -2.30. The number of carbonyl (C=O) groups is 1. The molecular weight excluding hydrogens is 402 g/mol. The van der Waals surface area contributed by atoms with Crippen LogP contribution in [0.3, 0.4) is 0 Å². The van der Waals surface area contributed by atoms with Crippen LogP contribution in [-0.2, 0) is 16.4 Å². The molecule has 2 aromatic rings. The summed E-state index contributed by atoms with van der Waals surface area (Å²) >= 11 is 0.